The minimum atomic E-state index is -1.37. The fraction of sp³-hybridized carbons (Fsp3) is 0.143. The van der Waals surface area contributed by atoms with Gasteiger partial charge in [-0.15, -0.1) is 6.07 Å². The van der Waals surface area contributed by atoms with Crippen molar-refractivity contribution >= 4 is 5.82 Å². The molecule has 0 aliphatic rings. The van der Waals surface area contributed by atoms with E-state index in [-0.39, 0.29) is 43.3 Å². The van der Waals surface area contributed by atoms with E-state index in [0.29, 0.717) is 0 Å². The number of halogens is 4. The van der Waals surface area contributed by atoms with Crippen LogP contribution in [-0.2, 0) is 25.8 Å². The van der Waals surface area contributed by atoms with E-state index in [1.165, 1.54) is 19.9 Å². The van der Waals surface area contributed by atoms with Gasteiger partial charge in [0.25, 0.3) is 0 Å². The number of nitrogens with zero attached hydrogens (tertiary/aromatic N) is 8. The Balaban J connectivity index is 0.00000324. The molecule has 0 N–H and O–H groups in total. The topological polar surface area (TPSA) is 89.6 Å². The van der Waals surface area contributed by atoms with E-state index in [1.54, 1.807) is 6.07 Å². The molecule has 4 rings (SSSR count). The Morgan fingerprint density at radius 2 is 1.44 bits per heavy atom. The summed E-state index contributed by atoms with van der Waals surface area (Å²) in [5.74, 6) is -6.50. The minimum absolute atomic E-state index is 0. The molecule has 4 heterocycles. The van der Waals surface area contributed by atoms with Gasteiger partial charge in [-0.1, -0.05) is 12.8 Å². The van der Waals surface area contributed by atoms with Crippen LogP contribution >= 0.6 is 0 Å². The molecule has 0 atom stereocenters. The van der Waals surface area contributed by atoms with Crippen LogP contribution in [0.25, 0.3) is 16.5 Å². The number of rotatable bonds is 4. The van der Waals surface area contributed by atoms with Crippen molar-refractivity contribution in [3.8, 4) is 17.7 Å². The van der Waals surface area contributed by atoms with Crippen LogP contribution in [0.1, 0.15) is 30.9 Å². The van der Waals surface area contributed by atoms with Gasteiger partial charge in [0, 0.05) is 16.8 Å². The van der Waals surface area contributed by atoms with Crippen LogP contribution in [0.4, 0.5) is 23.4 Å². The second kappa shape index (κ2) is 9.14. The van der Waals surface area contributed by atoms with Gasteiger partial charge in [0.2, 0.25) is 0 Å². The second-order valence-corrected chi connectivity index (χ2v) is 7.22. The Bertz CT molecular complexity index is 1370. The summed E-state index contributed by atoms with van der Waals surface area (Å²) >= 11 is 0. The van der Waals surface area contributed by atoms with Crippen molar-refractivity contribution in [1.29, 1.82) is 5.26 Å². The minimum Gasteiger partial charge on any atom is -0.340 e. The quantitative estimate of drug-likeness (QED) is 0.217. The number of hydrogen-bond donors (Lipinski definition) is 0. The first-order valence-corrected chi connectivity index (χ1v) is 9.12. The zero-order chi connectivity index (χ0) is 23.9. The molecule has 172 valence electrons. The molecule has 0 aliphatic carbocycles. The molecule has 0 unspecified atom stereocenters. The molecule has 0 saturated heterocycles. The fourth-order valence-electron chi connectivity index (χ4n) is 2.92. The molecule has 0 radical (unpaired) electrons. The Morgan fingerprint density at radius 1 is 0.941 bits per heavy atom. The summed E-state index contributed by atoms with van der Waals surface area (Å²) < 4.78 is 59.3. The fourth-order valence-corrected chi connectivity index (χ4v) is 2.92. The van der Waals surface area contributed by atoms with Crippen molar-refractivity contribution < 1.29 is 38.0 Å². The summed E-state index contributed by atoms with van der Waals surface area (Å²) in [6.07, 6.45) is 4.93. The van der Waals surface area contributed by atoms with Gasteiger partial charge in [-0.3, -0.25) is 9.97 Å². The van der Waals surface area contributed by atoms with E-state index in [1.807, 2.05) is 0 Å². The molecular weight excluding hydrogens is 547 g/mol. The summed E-state index contributed by atoms with van der Waals surface area (Å²) in [5, 5.41) is 16.4. The maximum atomic E-state index is 14.5. The van der Waals surface area contributed by atoms with Gasteiger partial charge >= 0.3 is 26.2 Å². The molecule has 0 aromatic carbocycles. The maximum Gasteiger partial charge on any atom is 2.00 e. The van der Waals surface area contributed by atoms with Gasteiger partial charge in [0.1, 0.15) is 17.5 Å². The first-order chi connectivity index (χ1) is 15.6. The van der Waals surface area contributed by atoms with Crippen LogP contribution in [0.2, 0.25) is 0 Å². The third-order valence-electron chi connectivity index (χ3n) is 4.75. The zero-order valence-electron chi connectivity index (χ0n) is 17.2. The third kappa shape index (κ3) is 4.19. The van der Waals surface area contributed by atoms with Gasteiger partial charge in [-0.2, -0.15) is 0 Å². The van der Waals surface area contributed by atoms with E-state index in [0.717, 1.165) is 27.6 Å². The number of pyridine rings is 2. The summed E-state index contributed by atoms with van der Waals surface area (Å²) in [7, 11) is 0. The van der Waals surface area contributed by atoms with E-state index >= 15 is 0 Å². The van der Waals surface area contributed by atoms with Gasteiger partial charge in [0.15, 0.2) is 11.6 Å². The van der Waals surface area contributed by atoms with Gasteiger partial charge in [0.05, 0.1) is 17.6 Å². The zero-order valence-corrected chi connectivity index (χ0v) is 18.8. The van der Waals surface area contributed by atoms with E-state index in [4.69, 9.17) is 11.8 Å². The second-order valence-electron chi connectivity index (χ2n) is 7.22. The molecule has 34 heavy (non-hydrogen) atoms. The molecule has 0 fully saturated rings. The molecule has 8 nitrogen and oxygen atoms in total. The number of aromatic nitrogens is 6. The summed E-state index contributed by atoms with van der Waals surface area (Å²) in [5.41, 5.74) is -1.64. The van der Waals surface area contributed by atoms with Crippen LogP contribution in [0.15, 0.2) is 24.3 Å². The molecule has 4 aromatic rings. The first kappa shape index (κ1) is 24.7. The predicted octanol–water partition coefficient (Wildman–Crippen LogP) is 3.75. The molecule has 0 amide bonds. The molecule has 4 aromatic heterocycles. The largest absolute Gasteiger partial charge is 2.00 e. The molecule has 0 bridgehead atoms. The van der Waals surface area contributed by atoms with E-state index < -0.39 is 40.3 Å². The van der Waals surface area contributed by atoms with Crippen molar-refractivity contribution in [2.75, 3.05) is 0 Å². The number of nitriles is 1. The average Bonchev–Trinajstić information content (AvgIpc) is 3.46. The molecule has 13 heteroatoms. The van der Waals surface area contributed by atoms with Crippen LogP contribution < -0.4 is 0 Å². The molecule has 0 spiro atoms. The van der Waals surface area contributed by atoms with Gasteiger partial charge in [-0.05, 0) is 43.3 Å². The molecule has 0 saturated carbocycles. The van der Waals surface area contributed by atoms with Gasteiger partial charge in [-0.25, -0.2) is 32.6 Å². The molecular formula is C21H10F4N8Pd. The SMILES string of the molecule is [C-]#[N+]c1c[c-]n(-c2nc(C(C)(C)c3cc(F)c(F)c(-n4[c-]cc(C#N)n4)n3)cc(F)c2F)n1.[Pd+2]. The Morgan fingerprint density at radius 3 is 1.88 bits per heavy atom. The van der Waals surface area contributed by atoms with Crippen LogP contribution in [0.3, 0.4) is 0 Å². The summed E-state index contributed by atoms with van der Waals surface area (Å²) in [6.45, 7) is 9.93. The maximum absolute atomic E-state index is 14.5. The number of hydrogen-bond acceptors (Lipinski definition) is 5. The monoisotopic (exact) mass is 556 g/mol. The standard InChI is InChI=1S/C21H10F4N8.Pd/c1-21(2,14-8-12(22)17(24)19(28-14)32-6-4-11(10-26)30-32)15-9-13(23)18(25)20(29-15)33-7-5-16(27-3)31-33;/h4-5,8-9H,1-2H3;/q-2;+2. The van der Waals surface area contributed by atoms with Crippen molar-refractivity contribution in [3.63, 3.8) is 0 Å². The average molecular weight is 557 g/mol. The van der Waals surface area contributed by atoms with Crippen molar-refractivity contribution in [3.05, 3.63) is 88.4 Å². The summed E-state index contributed by atoms with van der Waals surface area (Å²) in [6, 6.07) is 5.67. The van der Waals surface area contributed by atoms with Crippen molar-refractivity contribution in [2.45, 2.75) is 19.3 Å². The molecule has 0 aliphatic heterocycles. The Hall–Kier alpha value is -3.92. The van der Waals surface area contributed by atoms with Crippen molar-refractivity contribution in [1.82, 2.24) is 29.5 Å². The van der Waals surface area contributed by atoms with Crippen LogP contribution in [0, 0.1) is 53.6 Å². The predicted molar refractivity (Wildman–Crippen MR) is 103 cm³/mol. The Labute approximate surface area is 204 Å². The normalized spacial score (nSPS) is 10.9. The third-order valence-corrected chi connectivity index (χ3v) is 4.75. The Kier molecular flexibility index (Phi) is 6.65. The van der Waals surface area contributed by atoms with Crippen molar-refractivity contribution in [2.24, 2.45) is 0 Å². The van der Waals surface area contributed by atoms with Crippen LogP contribution in [-0.4, -0.2) is 29.5 Å². The van der Waals surface area contributed by atoms with E-state index in [9.17, 15) is 17.6 Å². The van der Waals surface area contributed by atoms with Crippen LogP contribution in [0.5, 0.6) is 0 Å². The van der Waals surface area contributed by atoms with Gasteiger partial charge < -0.3 is 9.53 Å². The summed E-state index contributed by atoms with van der Waals surface area (Å²) in [4.78, 5) is 11.3. The smallest absolute Gasteiger partial charge is 0.340 e. The van der Waals surface area contributed by atoms with E-state index in [2.05, 4.69) is 37.4 Å². The first-order valence-electron chi connectivity index (χ1n) is 9.12.